The molecule has 0 spiro atoms. The average molecular weight is 267 g/mol. The summed E-state index contributed by atoms with van der Waals surface area (Å²) < 4.78 is 5.50. The topological polar surface area (TPSA) is 21.3 Å². The molecule has 20 heavy (non-hydrogen) atoms. The molecule has 2 heteroatoms. The number of anilines is 1. The Morgan fingerprint density at radius 1 is 0.800 bits per heavy atom. The first kappa shape index (κ1) is 13.2. The Balaban J connectivity index is 1.67. The van der Waals surface area contributed by atoms with Crippen molar-refractivity contribution < 1.29 is 4.74 Å². The molecule has 1 unspecified atom stereocenters. The SMILES string of the molecule is c1ccc(-c2ccc(NC3CCCOCC3)cc2)cc1. The maximum absolute atomic E-state index is 5.50. The quantitative estimate of drug-likeness (QED) is 0.893. The molecule has 1 heterocycles. The van der Waals surface area contributed by atoms with Crippen LogP contribution in [0, 0.1) is 0 Å². The van der Waals surface area contributed by atoms with E-state index in [1.54, 1.807) is 0 Å². The normalized spacial score (nSPS) is 19.3. The molecule has 1 atom stereocenters. The minimum atomic E-state index is 0.542. The molecule has 3 rings (SSSR count). The number of rotatable bonds is 3. The van der Waals surface area contributed by atoms with Crippen LogP contribution in [0.3, 0.4) is 0 Å². The Bertz CT molecular complexity index is 513. The van der Waals surface area contributed by atoms with Gasteiger partial charge in [-0.1, -0.05) is 42.5 Å². The molecule has 0 aromatic heterocycles. The van der Waals surface area contributed by atoms with Gasteiger partial charge in [-0.05, 0) is 42.5 Å². The molecular weight excluding hydrogens is 246 g/mol. The van der Waals surface area contributed by atoms with Crippen LogP contribution in [0.25, 0.3) is 11.1 Å². The lowest BCUT2D eigenvalue weighted by molar-refractivity contribution is 0.144. The van der Waals surface area contributed by atoms with E-state index < -0.39 is 0 Å². The predicted molar refractivity (Wildman–Crippen MR) is 84.0 cm³/mol. The maximum Gasteiger partial charge on any atom is 0.0485 e. The minimum Gasteiger partial charge on any atom is -0.382 e. The van der Waals surface area contributed by atoms with E-state index in [2.05, 4.69) is 53.8 Å². The summed E-state index contributed by atoms with van der Waals surface area (Å²) in [6.07, 6.45) is 3.45. The average Bonchev–Trinajstić information content (AvgIpc) is 2.78. The summed E-state index contributed by atoms with van der Waals surface area (Å²) in [5, 5.41) is 3.62. The largest absolute Gasteiger partial charge is 0.382 e. The summed E-state index contributed by atoms with van der Waals surface area (Å²) >= 11 is 0. The molecule has 1 aliphatic rings. The van der Waals surface area contributed by atoms with Gasteiger partial charge in [-0.3, -0.25) is 0 Å². The van der Waals surface area contributed by atoms with Crippen LogP contribution < -0.4 is 5.32 Å². The molecule has 0 aliphatic carbocycles. The highest BCUT2D eigenvalue weighted by atomic mass is 16.5. The lowest BCUT2D eigenvalue weighted by Crippen LogP contribution is -2.19. The number of ether oxygens (including phenoxy) is 1. The zero-order valence-corrected chi connectivity index (χ0v) is 11.7. The van der Waals surface area contributed by atoms with Gasteiger partial charge in [0.1, 0.15) is 0 Å². The standard InChI is InChI=1S/C18H21NO/c1-2-5-15(6-3-1)16-8-10-18(11-9-16)19-17-7-4-13-20-14-12-17/h1-3,5-6,8-11,17,19H,4,7,12-14H2. The summed E-state index contributed by atoms with van der Waals surface area (Å²) in [6, 6.07) is 19.8. The van der Waals surface area contributed by atoms with Gasteiger partial charge < -0.3 is 10.1 Å². The van der Waals surface area contributed by atoms with Crippen LogP contribution in [-0.2, 0) is 4.74 Å². The van der Waals surface area contributed by atoms with Gasteiger partial charge in [-0.25, -0.2) is 0 Å². The fourth-order valence-corrected chi connectivity index (χ4v) is 2.67. The van der Waals surface area contributed by atoms with Crippen molar-refractivity contribution in [3.05, 3.63) is 54.6 Å². The van der Waals surface area contributed by atoms with Crippen molar-refractivity contribution in [2.24, 2.45) is 0 Å². The summed E-state index contributed by atoms with van der Waals surface area (Å²) in [5.74, 6) is 0. The van der Waals surface area contributed by atoms with Gasteiger partial charge >= 0.3 is 0 Å². The third-order valence-electron chi connectivity index (χ3n) is 3.81. The van der Waals surface area contributed by atoms with Crippen molar-refractivity contribution in [1.29, 1.82) is 0 Å². The molecule has 2 aromatic rings. The van der Waals surface area contributed by atoms with Crippen molar-refractivity contribution in [2.45, 2.75) is 25.3 Å². The van der Waals surface area contributed by atoms with Gasteiger partial charge in [0.05, 0.1) is 0 Å². The Labute approximate surface area is 120 Å². The molecule has 2 aromatic carbocycles. The number of hydrogen-bond donors (Lipinski definition) is 1. The zero-order valence-electron chi connectivity index (χ0n) is 11.7. The number of hydrogen-bond acceptors (Lipinski definition) is 2. The molecule has 0 saturated carbocycles. The van der Waals surface area contributed by atoms with Crippen LogP contribution in [0.15, 0.2) is 54.6 Å². The Morgan fingerprint density at radius 2 is 1.55 bits per heavy atom. The van der Waals surface area contributed by atoms with Crippen molar-refractivity contribution in [3.63, 3.8) is 0 Å². The van der Waals surface area contributed by atoms with E-state index in [0.717, 1.165) is 26.1 Å². The molecule has 0 bridgehead atoms. The second-order valence-electron chi connectivity index (χ2n) is 5.33. The minimum absolute atomic E-state index is 0.542. The van der Waals surface area contributed by atoms with Gasteiger partial charge in [0.2, 0.25) is 0 Å². The van der Waals surface area contributed by atoms with Gasteiger partial charge in [-0.2, -0.15) is 0 Å². The Kier molecular flexibility index (Phi) is 4.34. The van der Waals surface area contributed by atoms with Crippen LogP contribution in [0.1, 0.15) is 19.3 Å². The summed E-state index contributed by atoms with van der Waals surface area (Å²) in [5.41, 5.74) is 3.74. The van der Waals surface area contributed by atoms with Crippen molar-refractivity contribution in [2.75, 3.05) is 18.5 Å². The highest BCUT2D eigenvalue weighted by Gasteiger charge is 2.11. The van der Waals surface area contributed by atoms with Gasteiger partial charge in [0.25, 0.3) is 0 Å². The van der Waals surface area contributed by atoms with Gasteiger partial charge in [-0.15, -0.1) is 0 Å². The van der Waals surface area contributed by atoms with E-state index in [1.165, 1.54) is 23.2 Å². The number of nitrogens with one attached hydrogen (secondary N) is 1. The fourth-order valence-electron chi connectivity index (χ4n) is 2.67. The summed E-state index contributed by atoms with van der Waals surface area (Å²) in [7, 11) is 0. The Morgan fingerprint density at radius 3 is 2.35 bits per heavy atom. The molecule has 1 saturated heterocycles. The summed E-state index contributed by atoms with van der Waals surface area (Å²) in [4.78, 5) is 0. The van der Waals surface area contributed by atoms with Crippen LogP contribution in [0.2, 0.25) is 0 Å². The first-order valence-electron chi connectivity index (χ1n) is 7.41. The molecule has 1 aliphatic heterocycles. The van der Waals surface area contributed by atoms with Crippen molar-refractivity contribution >= 4 is 5.69 Å². The first-order chi connectivity index (χ1) is 9.92. The molecule has 104 valence electrons. The second-order valence-corrected chi connectivity index (χ2v) is 5.33. The zero-order chi connectivity index (χ0) is 13.6. The second kappa shape index (κ2) is 6.58. The first-order valence-corrected chi connectivity index (χ1v) is 7.41. The van der Waals surface area contributed by atoms with E-state index in [1.807, 2.05) is 6.07 Å². The third-order valence-corrected chi connectivity index (χ3v) is 3.81. The van der Waals surface area contributed by atoms with Gasteiger partial charge in [0, 0.05) is 24.9 Å². The molecular formula is C18H21NO. The van der Waals surface area contributed by atoms with Gasteiger partial charge in [0.15, 0.2) is 0 Å². The molecule has 0 amide bonds. The third kappa shape index (κ3) is 3.40. The van der Waals surface area contributed by atoms with Crippen LogP contribution in [-0.4, -0.2) is 19.3 Å². The highest BCUT2D eigenvalue weighted by molar-refractivity contribution is 5.65. The van der Waals surface area contributed by atoms with Crippen molar-refractivity contribution in [3.8, 4) is 11.1 Å². The summed E-state index contributed by atoms with van der Waals surface area (Å²) in [6.45, 7) is 1.78. The van der Waals surface area contributed by atoms with Crippen LogP contribution in [0.5, 0.6) is 0 Å². The molecule has 0 radical (unpaired) electrons. The molecule has 1 fully saturated rings. The maximum atomic E-state index is 5.50. The lowest BCUT2D eigenvalue weighted by atomic mass is 10.0. The fraction of sp³-hybridized carbons (Fsp3) is 0.333. The van der Waals surface area contributed by atoms with E-state index in [-0.39, 0.29) is 0 Å². The van der Waals surface area contributed by atoms with E-state index in [4.69, 9.17) is 4.74 Å². The monoisotopic (exact) mass is 267 g/mol. The van der Waals surface area contributed by atoms with Crippen LogP contribution >= 0.6 is 0 Å². The highest BCUT2D eigenvalue weighted by Crippen LogP contribution is 2.22. The van der Waals surface area contributed by atoms with E-state index >= 15 is 0 Å². The number of benzene rings is 2. The lowest BCUT2D eigenvalue weighted by Gasteiger charge is -2.17. The van der Waals surface area contributed by atoms with E-state index in [9.17, 15) is 0 Å². The molecule has 2 nitrogen and oxygen atoms in total. The molecule has 1 N–H and O–H groups in total. The smallest absolute Gasteiger partial charge is 0.0485 e. The van der Waals surface area contributed by atoms with Crippen molar-refractivity contribution in [1.82, 2.24) is 0 Å². The predicted octanol–water partition coefficient (Wildman–Crippen LogP) is 4.33. The van der Waals surface area contributed by atoms with Crippen LogP contribution in [0.4, 0.5) is 5.69 Å². The Hall–Kier alpha value is -1.80. The van der Waals surface area contributed by atoms with E-state index in [0.29, 0.717) is 6.04 Å².